The Hall–Kier alpha value is -3.28. The molecule has 1 aliphatic rings. The van der Waals surface area contributed by atoms with Crippen molar-refractivity contribution < 1.29 is 19.1 Å². The van der Waals surface area contributed by atoms with Gasteiger partial charge < -0.3 is 20.9 Å². The lowest BCUT2D eigenvalue weighted by atomic mass is 9.84. The number of carbonyl (C=O) groups is 2. The van der Waals surface area contributed by atoms with E-state index >= 15 is 0 Å². The van der Waals surface area contributed by atoms with E-state index in [0.29, 0.717) is 22.5 Å². The molecule has 0 unspecified atom stereocenters. The van der Waals surface area contributed by atoms with Crippen molar-refractivity contribution in [1.82, 2.24) is 0 Å². The van der Waals surface area contributed by atoms with Crippen LogP contribution in [0.25, 0.3) is 6.08 Å². The van der Waals surface area contributed by atoms with Gasteiger partial charge in [0, 0.05) is 23.0 Å². The van der Waals surface area contributed by atoms with Gasteiger partial charge in [0.15, 0.2) is 0 Å². The summed E-state index contributed by atoms with van der Waals surface area (Å²) in [4.78, 5) is 24.6. The molecule has 2 aromatic carbocycles. The van der Waals surface area contributed by atoms with Crippen molar-refractivity contribution in [2.75, 3.05) is 11.5 Å². The summed E-state index contributed by atoms with van der Waals surface area (Å²) in [6.07, 6.45) is 13.7. The molecule has 0 atom stereocenters. The average molecular weight is 479 g/mol. The number of hydrogen-bond acceptors (Lipinski definition) is 6. The highest BCUT2D eigenvalue weighted by atomic mass is 16.5. The van der Waals surface area contributed by atoms with Crippen LogP contribution in [-0.4, -0.2) is 18.0 Å². The SMILES string of the molecule is CCCCCCC1CCC(OC(=O)c2ccc(C=CC(=O)OCc3cc(N)ccc3N)cc2)CC1. The summed E-state index contributed by atoms with van der Waals surface area (Å²) in [5, 5.41) is 0. The Morgan fingerprint density at radius 1 is 0.971 bits per heavy atom. The first-order chi connectivity index (χ1) is 16.9. The lowest BCUT2D eigenvalue weighted by Crippen LogP contribution is -2.24. The van der Waals surface area contributed by atoms with E-state index in [-0.39, 0.29) is 18.7 Å². The number of carbonyl (C=O) groups excluding carboxylic acids is 2. The maximum atomic E-state index is 12.6. The molecule has 35 heavy (non-hydrogen) atoms. The number of esters is 2. The van der Waals surface area contributed by atoms with Crippen molar-refractivity contribution in [3.05, 3.63) is 65.2 Å². The van der Waals surface area contributed by atoms with Gasteiger partial charge in [-0.2, -0.15) is 0 Å². The highest BCUT2D eigenvalue weighted by Crippen LogP contribution is 2.30. The number of nitrogen functional groups attached to an aromatic ring is 2. The lowest BCUT2D eigenvalue weighted by molar-refractivity contribution is -0.138. The van der Waals surface area contributed by atoms with Crippen molar-refractivity contribution in [1.29, 1.82) is 0 Å². The smallest absolute Gasteiger partial charge is 0.338 e. The molecular formula is C29H38N2O4. The summed E-state index contributed by atoms with van der Waals surface area (Å²) in [6.45, 7) is 2.29. The van der Waals surface area contributed by atoms with Crippen LogP contribution in [0.2, 0.25) is 0 Å². The Morgan fingerprint density at radius 2 is 1.71 bits per heavy atom. The third-order valence-electron chi connectivity index (χ3n) is 6.63. The van der Waals surface area contributed by atoms with Gasteiger partial charge in [-0.3, -0.25) is 0 Å². The fourth-order valence-corrected chi connectivity index (χ4v) is 4.46. The van der Waals surface area contributed by atoms with E-state index < -0.39 is 5.97 Å². The van der Waals surface area contributed by atoms with Gasteiger partial charge in [-0.15, -0.1) is 0 Å². The van der Waals surface area contributed by atoms with Gasteiger partial charge in [0.25, 0.3) is 0 Å². The van der Waals surface area contributed by atoms with E-state index in [9.17, 15) is 9.59 Å². The first kappa shape index (κ1) is 26.3. The van der Waals surface area contributed by atoms with Gasteiger partial charge >= 0.3 is 11.9 Å². The van der Waals surface area contributed by atoms with Crippen LogP contribution in [0.1, 0.15) is 86.2 Å². The third-order valence-corrected chi connectivity index (χ3v) is 6.63. The largest absolute Gasteiger partial charge is 0.459 e. The highest BCUT2D eigenvalue weighted by molar-refractivity contribution is 5.90. The molecule has 1 saturated carbocycles. The topological polar surface area (TPSA) is 105 Å². The predicted molar refractivity (Wildman–Crippen MR) is 140 cm³/mol. The molecule has 0 radical (unpaired) electrons. The number of unbranched alkanes of at least 4 members (excludes halogenated alkanes) is 3. The minimum atomic E-state index is -0.490. The highest BCUT2D eigenvalue weighted by Gasteiger charge is 2.24. The molecule has 3 rings (SSSR count). The summed E-state index contributed by atoms with van der Waals surface area (Å²) in [7, 11) is 0. The molecule has 2 aromatic rings. The van der Waals surface area contributed by atoms with Crippen molar-refractivity contribution >= 4 is 29.4 Å². The Balaban J connectivity index is 1.40. The van der Waals surface area contributed by atoms with E-state index in [1.165, 1.54) is 38.2 Å². The minimum Gasteiger partial charge on any atom is -0.459 e. The van der Waals surface area contributed by atoms with Gasteiger partial charge in [0.2, 0.25) is 0 Å². The fourth-order valence-electron chi connectivity index (χ4n) is 4.46. The Kier molecular flexibility index (Phi) is 10.2. The first-order valence-corrected chi connectivity index (χ1v) is 12.7. The van der Waals surface area contributed by atoms with Crippen LogP contribution >= 0.6 is 0 Å². The average Bonchev–Trinajstić information content (AvgIpc) is 2.87. The van der Waals surface area contributed by atoms with Crippen LogP contribution in [0.15, 0.2) is 48.5 Å². The van der Waals surface area contributed by atoms with Gasteiger partial charge in [-0.05, 0) is 73.6 Å². The summed E-state index contributed by atoms with van der Waals surface area (Å²) < 4.78 is 11.0. The molecule has 1 fully saturated rings. The zero-order valence-corrected chi connectivity index (χ0v) is 20.7. The molecule has 6 heteroatoms. The maximum absolute atomic E-state index is 12.6. The summed E-state index contributed by atoms with van der Waals surface area (Å²) in [5.74, 6) is 0.00471. The Labute approximate surface area is 208 Å². The Morgan fingerprint density at radius 3 is 2.43 bits per heavy atom. The number of benzene rings is 2. The van der Waals surface area contributed by atoms with E-state index in [2.05, 4.69) is 6.92 Å². The molecule has 0 bridgehead atoms. The molecule has 6 nitrogen and oxygen atoms in total. The summed E-state index contributed by atoms with van der Waals surface area (Å²) in [5.41, 5.74) is 14.7. The molecule has 0 amide bonds. The molecule has 1 aliphatic carbocycles. The minimum absolute atomic E-state index is 0.0118. The van der Waals surface area contributed by atoms with E-state index in [0.717, 1.165) is 37.2 Å². The van der Waals surface area contributed by atoms with Crippen LogP contribution in [0.5, 0.6) is 0 Å². The van der Waals surface area contributed by atoms with Crippen LogP contribution in [0.3, 0.4) is 0 Å². The second-order valence-corrected chi connectivity index (χ2v) is 9.42. The normalized spacial score (nSPS) is 17.9. The standard InChI is InChI=1S/C29H38N2O4/c1-2-3-4-5-6-21-9-15-26(16-10-21)35-29(33)23-12-7-22(8-13-23)11-18-28(32)34-20-24-19-25(30)14-17-27(24)31/h7-8,11-14,17-19,21,26H,2-6,9-10,15-16,20,30-31H2,1H3. The predicted octanol–water partition coefficient (Wildman–Crippen LogP) is 6.29. The van der Waals surface area contributed by atoms with Gasteiger partial charge in [-0.1, -0.05) is 51.2 Å². The van der Waals surface area contributed by atoms with Crippen molar-refractivity contribution in [2.24, 2.45) is 5.92 Å². The molecule has 188 valence electrons. The number of hydrogen-bond donors (Lipinski definition) is 2. The zero-order chi connectivity index (χ0) is 25.0. The van der Waals surface area contributed by atoms with Crippen LogP contribution in [-0.2, 0) is 20.9 Å². The van der Waals surface area contributed by atoms with Crippen molar-refractivity contribution in [3.8, 4) is 0 Å². The zero-order valence-electron chi connectivity index (χ0n) is 20.7. The molecule has 0 aromatic heterocycles. The third kappa shape index (κ3) is 8.78. The van der Waals surface area contributed by atoms with Gasteiger partial charge in [-0.25, -0.2) is 9.59 Å². The fraction of sp³-hybridized carbons (Fsp3) is 0.448. The quantitative estimate of drug-likeness (QED) is 0.170. The Bertz CT molecular complexity index is 992. The van der Waals surface area contributed by atoms with E-state index in [1.54, 1.807) is 48.5 Å². The monoisotopic (exact) mass is 478 g/mol. The molecule has 0 spiro atoms. The van der Waals surface area contributed by atoms with E-state index in [4.69, 9.17) is 20.9 Å². The second kappa shape index (κ2) is 13.6. The van der Waals surface area contributed by atoms with Crippen LogP contribution < -0.4 is 11.5 Å². The van der Waals surface area contributed by atoms with Gasteiger partial charge in [0.05, 0.1) is 5.56 Å². The second-order valence-electron chi connectivity index (χ2n) is 9.42. The number of nitrogens with two attached hydrogens (primary N) is 2. The van der Waals surface area contributed by atoms with E-state index in [1.807, 2.05) is 0 Å². The van der Waals surface area contributed by atoms with Crippen LogP contribution in [0, 0.1) is 5.92 Å². The number of anilines is 2. The first-order valence-electron chi connectivity index (χ1n) is 12.7. The summed E-state index contributed by atoms with van der Waals surface area (Å²) >= 11 is 0. The molecule has 0 heterocycles. The molecule has 4 N–H and O–H groups in total. The molecular weight excluding hydrogens is 440 g/mol. The van der Waals surface area contributed by atoms with Gasteiger partial charge in [0.1, 0.15) is 12.7 Å². The summed E-state index contributed by atoms with van der Waals surface area (Å²) in [6, 6.07) is 12.1. The van der Waals surface area contributed by atoms with Crippen molar-refractivity contribution in [3.63, 3.8) is 0 Å². The number of rotatable bonds is 11. The maximum Gasteiger partial charge on any atom is 0.338 e. The number of ether oxygens (including phenoxy) is 2. The molecule has 0 aliphatic heterocycles. The lowest BCUT2D eigenvalue weighted by Gasteiger charge is -2.28. The molecule has 0 saturated heterocycles. The van der Waals surface area contributed by atoms with Crippen molar-refractivity contribution in [2.45, 2.75) is 77.4 Å². The van der Waals surface area contributed by atoms with Crippen LogP contribution in [0.4, 0.5) is 11.4 Å².